The van der Waals surface area contributed by atoms with Crippen LogP contribution in [-0.4, -0.2) is 0 Å². The molecule has 0 saturated carbocycles. The zero-order chi connectivity index (χ0) is 31.9. The van der Waals surface area contributed by atoms with E-state index in [9.17, 15) is 0 Å². The van der Waals surface area contributed by atoms with Gasteiger partial charge in [-0.05, 0) is 98.8 Å². The molecule has 0 radical (unpaired) electrons. The minimum atomic E-state index is 1.12. The van der Waals surface area contributed by atoms with Crippen LogP contribution in [0.15, 0.2) is 188 Å². The summed E-state index contributed by atoms with van der Waals surface area (Å²) in [5.41, 5.74) is 10.7. The number of para-hydroxylation sites is 1. The number of rotatable bonds is 6. The summed E-state index contributed by atoms with van der Waals surface area (Å²) in [7, 11) is 0. The number of hydrogen-bond acceptors (Lipinski definition) is 2. The van der Waals surface area contributed by atoms with E-state index in [0.29, 0.717) is 0 Å². The highest BCUT2D eigenvalue weighted by molar-refractivity contribution is 7.26. The molecule has 0 amide bonds. The zero-order valence-corrected chi connectivity index (χ0v) is 27.1. The highest BCUT2D eigenvalue weighted by atomic mass is 32.1. The van der Waals surface area contributed by atoms with Crippen LogP contribution in [0.5, 0.6) is 0 Å². The first kappa shape index (κ1) is 28.3. The summed E-state index contributed by atoms with van der Waals surface area (Å²) in [4.78, 5) is 2.33. The van der Waals surface area contributed by atoms with Crippen LogP contribution in [0.2, 0.25) is 0 Å². The minimum Gasteiger partial charge on any atom is -0.311 e. The maximum Gasteiger partial charge on any atom is 0.0462 e. The largest absolute Gasteiger partial charge is 0.311 e. The number of fused-ring (bicyclic) bond motifs is 4. The minimum absolute atomic E-state index is 1.12. The summed E-state index contributed by atoms with van der Waals surface area (Å²) < 4.78 is 2.67. The van der Waals surface area contributed by atoms with E-state index in [0.717, 1.165) is 17.1 Å². The first-order valence-electron chi connectivity index (χ1n) is 16.3. The average molecular weight is 630 g/mol. The van der Waals surface area contributed by atoms with Crippen molar-refractivity contribution >= 4 is 59.3 Å². The standard InChI is InChI=1S/C46H31NS/c1-2-14-39(15-3-1)47(41-28-24-34(25-29-41)42-17-9-18-44-43-16-6-7-19-45(43)48-46(42)44)40-26-22-33(23-27-40)36-12-8-13-37(30-36)38-21-20-32-10-4-5-11-35(32)31-38/h1-31H. The molecule has 9 aromatic rings. The predicted molar refractivity (Wildman–Crippen MR) is 208 cm³/mol. The van der Waals surface area contributed by atoms with E-state index in [-0.39, 0.29) is 0 Å². The number of hydrogen-bond donors (Lipinski definition) is 0. The predicted octanol–water partition coefficient (Wildman–Crippen LogP) is 13.7. The van der Waals surface area contributed by atoms with E-state index in [4.69, 9.17) is 0 Å². The van der Waals surface area contributed by atoms with Crippen LogP contribution in [-0.2, 0) is 0 Å². The molecule has 2 heteroatoms. The Labute approximate surface area is 284 Å². The van der Waals surface area contributed by atoms with E-state index in [1.807, 2.05) is 11.3 Å². The fourth-order valence-electron chi connectivity index (χ4n) is 6.84. The van der Waals surface area contributed by atoms with Gasteiger partial charge < -0.3 is 4.90 Å². The summed E-state index contributed by atoms with van der Waals surface area (Å²) in [5, 5.41) is 5.18. The van der Waals surface area contributed by atoms with Gasteiger partial charge in [-0.1, -0.05) is 133 Å². The van der Waals surface area contributed by atoms with Gasteiger partial charge in [0.25, 0.3) is 0 Å². The first-order chi connectivity index (χ1) is 23.8. The lowest BCUT2D eigenvalue weighted by molar-refractivity contribution is 1.28. The first-order valence-corrected chi connectivity index (χ1v) is 17.2. The third-order valence-corrected chi connectivity index (χ3v) is 10.5. The van der Waals surface area contributed by atoms with Gasteiger partial charge in [-0.2, -0.15) is 0 Å². The SMILES string of the molecule is c1ccc(N(c2ccc(-c3cccc(-c4ccc5ccccc5c4)c3)cc2)c2ccc(-c3cccc4c3sc3ccccc34)cc2)cc1. The van der Waals surface area contributed by atoms with Gasteiger partial charge in [0, 0.05) is 37.2 Å². The molecule has 0 aliphatic rings. The highest BCUT2D eigenvalue weighted by Gasteiger charge is 2.15. The van der Waals surface area contributed by atoms with Crippen LogP contribution in [0.25, 0.3) is 64.3 Å². The Kier molecular flexibility index (Phi) is 7.07. The lowest BCUT2D eigenvalue weighted by Gasteiger charge is -2.26. The van der Waals surface area contributed by atoms with Gasteiger partial charge in [0.05, 0.1) is 0 Å². The van der Waals surface area contributed by atoms with Gasteiger partial charge in [-0.25, -0.2) is 0 Å². The Hall–Kier alpha value is -5.96. The normalized spacial score (nSPS) is 11.3. The van der Waals surface area contributed by atoms with E-state index in [2.05, 4.69) is 193 Å². The molecule has 0 fully saturated rings. The van der Waals surface area contributed by atoms with E-state index in [1.54, 1.807) is 0 Å². The summed E-state index contributed by atoms with van der Waals surface area (Å²) in [6.45, 7) is 0. The topological polar surface area (TPSA) is 3.24 Å². The smallest absolute Gasteiger partial charge is 0.0462 e. The van der Waals surface area contributed by atoms with Crippen LogP contribution >= 0.6 is 11.3 Å². The van der Waals surface area contributed by atoms with Crippen LogP contribution < -0.4 is 4.90 Å². The molecule has 8 aromatic carbocycles. The van der Waals surface area contributed by atoms with Crippen LogP contribution in [0, 0.1) is 0 Å². The van der Waals surface area contributed by atoms with Crippen LogP contribution in [0.4, 0.5) is 17.1 Å². The van der Waals surface area contributed by atoms with Gasteiger partial charge in [-0.15, -0.1) is 11.3 Å². The van der Waals surface area contributed by atoms with Gasteiger partial charge >= 0.3 is 0 Å². The lowest BCUT2D eigenvalue weighted by Crippen LogP contribution is -2.09. The molecule has 0 saturated heterocycles. The summed E-state index contributed by atoms with van der Waals surface area (Å²) in [6, 6.07) is 68.0. The molecule has 0 unspecified atom stereocenters. The lowest BCUT2D eigenvalue weighted by atomic mass is 9.97. The number of benzene rings is 8. The van der Waals surface area contributed by atoms with Crippen molar-refractivity contribution in [2.45, 2.75) is 0 Å². The molecule has 0 aliphatic carbocycles. The Morgan fingerprint density at radius 1 is 0.333 bits per heavy atom. The van der Waals surface area contributed by atoms with Crippen molar-refractivity contribution in [1.29, 1.82) is 0 Å². The van der Waals surface area contributed by atoms with E-state index < -0.39 is 0 Å². The molecule has 48 heavy (non-hydrogen) atoms. The van der Waals surface area contributed by atoms with Gasteiger partial charge in [0.1, 0.15) is 0 Å². The van der Waals surface area contributed by atoms with Crippen molar-refractivity contribution in [2.75, 3.05) is 4.90 Å². The number of thiophene rings is 1. The Morgan fingerprint density at radius 2 is 0.896 bits per heavy atom. The second kappa shape index (κ2) is 12.0. The molecule has 226 valence electrons. The molecular formula is C46H31NS. The van der Waals surface area contributed by atoms with Crippen molar-refractivity contribution in [3.05, 3.63) is 188 Å². The third-order valence-electron chi connectivity index (χ3n) is 9.26. The van der Waals surface area contributed by atoms with Crippen LogP contribution in [0.1, 0.15) is 0 Å². The maximum atomic E-state index is 2.33. The molecule has 1 nitrogen and oxygen atoms in total. The molecule has 0 atom stereocenters. The van der Waals surface area contributed by atoms with Crippen molar-refractivity contribution in [2.24, 2.45) is 0 Å². The molecule has 0 aliphatic heterocycles. The number of anilines is 3. The average Bonchev–Trinajstić information content (AvgIpc) is 3.55. The van der Waals surface area contributed by atoms with E-state index in [1.165, 1.54) is 64.3 Å². The zero-order valence-electron chi connectivity index (χ0n) is 26.3. The fourth-order valence-corrected chi connectivity index (χ4v) is 8.08. The molecule has 0 N–H and O–H groups in total. The molecule has 0 bridgehead atoms. The van der Waals surface area contributed by atoms with Gasteiger partial charge in [0.2, 0.25) is 0 Å². The van der Waals surface area contributed by atoms with Crippen molar-refractivity contribution < 1.29 is 0 Å². The molecule has 1 aromatic heterocycles. The van der Waals surface area contributed by atoms with Crippen molar-refractivity contribution in [3.8, 4) is 33.4 Å². The fraction of sp³-hybridized carbons (Fsp3) is 0. The monoisotopic (exact) mass is 629 g/mol. The second-order valence-electron chi connectivity index (χ2n) is 12.2. The highest BCUT2D eigenvalue weighted by Crippen LogP contribution is 2.41. The molecule has 0 spiro atoms. The Balaban J connectivity index is 1.05. The Bertz CT molecular complexity index is 2540. The van der Waals surface area contributed by atoms with Crippen LogP contribution in [0.3, 0.4) is 0 Å². The maximum absolute atomic E-state index is 2.33. The van der Waals surface area contributed by atoms with Gasteiger partial charge in [0.15, 0.2) is 0 Å². The summed E-state index contributed by atoms with van der Waals surface area (Å²) in [6.07, 6.45) is 0. The summed E-state index contributed by atoms with van der Waals surface area (Å²) in [5.74, 6) is 0. The summed E-state index contributed by atoms with van der Waals surface area (Å²) >= 11 is 1.88. The van der Waals surface area contributed by atoms with Gasteiger partial charge in [-0.3, -0.25) is 0 Å². The van der Waals surface area contributed by atoms with Crippen molar-refractivity contribution in [1.82, 2.24) is 0 Å². The molecule has 1 heterocycles. The third kappa shape index (κ3) is 5.13. The Morgan fingerprint density at radius 3 is 1.69 bits per heavy atom. The quantitative estimate of drug-likeness (QED) is 0.177. The number of nitrogens with zero attached hydrogens (tertiary/aromatic N) is 1. The molecule has 9 rings (SSSR count). The van der Waals surface area contributed by atoms with E-state index >= 15 is 0 Å². The molecular weight excluding hydrogens is 599 g/mol. The second-order valence-corrected chi connectivity index (χ2v) is 13.2. The van der Waals surface area contributed by atoms with Crippen molar-refractivity contribution in [3.63, 3.8) is 0 Å².